The fraction of sp³-hybridized carbons (Fsp3) is 0.103. The first-order valence-electron chi connectivity index (χ1n) is 10.4. The molecule has 0 fully saturated rings. The fourth-order valence-electron chi connectivity index (χ4n) is 3.77. The third-order valence-corrected chi connectivity index (χ3v) is 5.45. The molecule has 0 atom stereocenters. The maximum atomic E-state index is 5.37. The van der Waals surface area contributed by atoms with Gasteiger partial charge in [0.15, 0.2) is 0 Å². The van der Waals surface area contributed by atoms with E-state index in [4.69, 9.17) is 9.47 Å². The molecule has 0 aromatic heterocycles. The van der Waals surface area contributed by atoms with Gasteiger partial charge in [-0.05, 0) is 52.1 Å². The van der Waals surface area contributed by atoms with E-state index in [2.05, 4.69) is 91.0 Å². The van der Waals surface area contributed by atoms with Crippen LogP contribution in [0, 0.1) is 0 Å². The lowest BCUT2D eigenvalue weighted by Crippen LogP contribution is -2.01. The van der Waals surface area contributed by atoms with E-state index in [9.17, 15) is 0 Å². The average molecular weight is 407 g/mol. The molecule has 4 aromatic rings. The predicted octanol–water partition coefficient (Wildman–Crippen LogP) is 6.97. The molecule has 0 saturated carbocycles. The zero-order valence-electron chi connectivity index (χ0n) is 17.9. The van der Waals surface area contributed by atoms with Gasteiger partial charge in [0.2, 0.25) is 0 Å². The van der Waals surface area contributed by atoms with Crippen molar-refractivity contribution in [3.8, 4) is 11.5 Å². The van der Waals surface area contributed by atoms with Crippen molar-refractivity contribution >= 4 is 5.57 Å². The summed E-state index contributed by atoms with van der Waals surface area (Å²) in [4.78, 5) is 0. The van der Waals surface area contributed by atoms with Crippen LogP contribution in [0.4, 0.5) is 0 Å². The fourth-order valence-corrected chi connectivity index (χ4v) is 3.77. The van der Waals surface area contributed by atoms with E-state index >= 15 is 0 Å². The zero-order valence-corrected chi connectivity index (χ0v) is 17.9. The molecule has 31 heavy (non-hydrogen) atoms. The van der Waals surface area contributed by atoms with Gasteiger partial charge in [-0.3, -0.25) is 0 Å². The van der Waals surface area contributed by atoms with Crippen molar-refractivity contribution in [2.24, 2.45) is 0 Å². The lowest BCUT2D eigenvalue weighted by atomic mass is 9.86. The summed E-state index contributed by atoms with van der Waals surface area (Å²) in [7, 11) is 3.39. The molecule has 0 radical (unpaired) electrons. The highest BCUT2D eigenvalue weighted by molar-refractivity contribution is 5.80. The molecule has 0 aliphatic carbocycles. The molecule has 2 nitrogen and oxygen atoms in total. The zero-order chi connectivity index (χ0) is 21.5. The van der Waals surface area contributed by atoms with Crippen LogP contribution in [0.15, 0.2) is 115 Å². The number of benzene rings is 4. The van der Waals surface area contributed by atoms with Gasteiger partial charge in [0.05, 0.1) is 14.2 Å². The molecule has 0 spiro atoms. The SMILES string of the molecule is COc1ccc(C(C=C(c2ccccc2)c2ccccc2)c2ccc(OC)cc2)cc1. The Morgan fingerprint density at radius 1 is 0.548 bits per heavy atom. The normalized spacial score (nSPS) is 10.5. The number of hydrogen-bond donors (Lipinski definition) is 0. The van der Waals surface area contributed by atoms with Gasteiger partial charge >= 0.3 is 0 Å². The third kappa shape index (κ3) is 4.87. The Labute approximate surface area is 184 Å². The maximum Gasteiger partial charge on any atom is 0.118 e. The van der Waals surface area contributed by atoms with E-state index in [1.54, 1.807) is 14.2 Å². The van der Waals surface area contributed by atoms with Crippen LogP contribution >= 0.6 is 0 Å². The lowest BCUT2D eigenvalue weighted by Gasteiger charge is -2.18. The van der Waals surface area contributed by atoms with Crippen molar-refractivity contribution < 1.29 is 9.47 Å². The molecule has 4 aromatic carbocycles. The first-order valence-corrected chi connectivity index (χ1v) is 10.4. The molecule has 0 saturated heterocycles. The number of ether oxygens (including phenoxy) is 2. The minimum Gasteiger partial charge on any atom is -0.497 e. The van der Waals surface area contributed by atoms with E-state index in [-0.39, 0.29) is 5.92 Å². The summed E-state index contributed by atoms with van der Waals surface area (Å²) in [6, 6.07) is 37.7. The second-order valence-electron chi connectivity index (χ2n) is 7.34. The van der Waals surface area contributed by atoms with Crippen molar-refractivity contribution in [1.82, 2.24) is 0 Å². The molecule has 4 rings (SSSR count). The summed E-state index contributed by atoms with van der Waals surface area (Å²) in [6.45, 7) is 0. The second kappa shape index (κ2) is 9.82. The topological polar surface area (TPSA) is 18.5 Å². The highest BCUT2D eigenvalue weighted by atomic mass is 16.5. The van der Waals surface area contributed by atoms with Crippen molar-refractivity contribution in [3.63, 3.8) is 0 Å². The van der Waals surface area contributed by atoms with Gasteiger partial charge in [0.1, 0.15) is 11.5 Å². The van der Waals surface area contributed by atoms with E-state index in [0.29, 0.717) is 0 Å². The Bertz CT molecular complexity index is 1020. The molecular weight excluding hydrogens is 380 g/mol. The summed E-state index contributed by atoms with van der Waals surface area (Å²) in [5.41, 5.74) is 6.00. The smallest absolute Gasteiger partial charge is 0.118 e. The molecule has 0 aliphatic rings. The molecule has 0 amide bonds. The second-order valence-corrected chi connectivity index (χ2v) is 7.34. The minimum absolute atomic E-state index is 0.0761. The number of rotatable bonds is 7. The summed E-state index contributed by atoms with van der Waals surface area (Å²) in [5, 5.41) is 0. The van der Waals surface area contributed by atoms with Gasteiger partial charge in [-0.1, -0.05) is 91.0 Å². The Morgan fingerprint density at radius 3 is 1.29 bits per heavy atom. The predicted molar refractivity (Wildman–Crippen MR) is 128 cm³/mol. The number of allylic oxidation sites excluding steroid dienone is 1. The van der Waals surface area contributed by atoms with Crippen LogP contribution in [0.2, 0.25) is 0 Å². The monoisotopic (exact) mass is 406 g/mol. The highest BCUT2D eigenvalue weighted by Gasteiger charge is 2.15. The van der Waals surface area contributed by atoms with Crippen LogP contribution in [-0.4, -0.2) is 14.2 Å². The van der Waals surface area contributed by atoms with Crippen molar-refractivity contribution in [2.45, 2.75) is 5.92 Å². The Hall–Kier alpha value is -3.78. The summed E-state index contributed by atoms with van der Waals surface area (Å²) in [5.74, 6) is 1.78. The number of methoxy groups -OCH3 is 2. The standard InChI is InChI=1S/C29H26O2/c1-30-26-17-13-24(14-18-26)29(25-15-19-27(31-2)20-16-25)21-28(22-9-5-3-6-10-22)23-11-7-4-8-12-23/h3-21,29H,1-2H3. The molecule has 2 heteroatoms. The van der Waals surface area contributed by atoms with Gasteiger partial charge < -0.3 is 9.47 Å². The first kappa shape index (κ1) is 20.5. The van der Waals surface area contributed by atoms with Crippen LogP contribution in [0.5, 0.6) is 11.5 Å². The molecule has 0 N–H and O–H groups in total. The Kier molecular flexibility index (Phi) is 6.49. The molecule has 0 heterocycles. The Balaban J connectivity index is 1.87. The van der Waals surface area contributed by atoms with Crippen LogP contribution < -0.4 is 9.47 Å². The van der Waals surface area contributed by atoms with Gasteiger partial charge in [-0.25, -0.2) is 0 Å². The van der Waals surface area contributed by atoms with Crippen LogP contribution in [0.1, 0.15) is 28.2 Å². The van der Waals surface area contributed by atoms with Gasteiger partial charge in [-0.2, -0.15) is 0 Å². The molecule has 0 aliphatic heterocycles. The highest BCUT2D eigenvalue weighted by Crippen LogP contribution is 2.34. The van der Waals surface area contributed by atoms with E-state index < -0.39 is 0 Å². The Morgan fingerprint density at radius 2 is 0.935 bits per heavy atom. The largest absolute Gasteiger partial charge is 0.497 e. The molecule has 154 valence electrons. The van der Waals surface area contributed by atoms with Gasteiger partial charge in [0.25, 0.3) is 0 Å². The summed E-state index contributed by atoms with van der Waals surface area (Å²) in [6.07, 6.45) is 2.36. The van der Waals surface area contributed by atoms with Crippen LogP contribution in [-0.2, 0) is 0 Å². The average Bonchev–Trinajstić information content (AvgIpc) is 2.86. The third-order valence-electron chi connectivity index (χ3n) is 5.45. The van der Waals surface area contributed by atoms with Gasteiger partial charge in [-0.15, -0.1) is 0 Å². The van der Waals surface area contributed by atoms with E-state index in [0.717, 1.165) is 11.5 Å². The minimum atomic E-state index is 0.0761. The maximum absolute atomic E-state index is 5.37. The number of hydrogen-bond acceptors (Lipinski definition) is 2. The van der Waals surface area contributed by atoms with E-state index in [1.165, 1.54) is 27.8 Å². The van der Waals surface area contributed by atoms with Crippen molar-refractivity contribution in [3.05, 3.63) is 138 Å². The molecule has 0 bridgehead atoms. The van der Waals surface area contributed by atoms with Gasteiger partial charge in [0, 0.05) is 5.92 Å². The molecule has 0 unspecified atom stereocenters. The van der Waals surface area contributed by atoms with Crippen LogP contribution in [0.3, 0.4) is 0 Å². The summed E-state index contributed by atoms with van der Waals surface area (Å²) >= 11 is 0. The van der Waals surface area contributed by atoms with E-state index in [1.807, 2.05) is 24.3 Å². The summed E-state index contributed by atoms with van der Waals surface area (Å²) < 4.78 is 10.7. The first-order chi connectivity index (χ1) is 15.3. The molecular formula is C29H26O2. The van der Waals surface area contributed by atoms with Crippen LogP contribution in [0.25, 0.3) is 5.57 Å². The quantitative estimate of drug-likeness (QED) is 0.330. The van der Waals surface area contributed by atoms with Crippen molar-refractivity contribution in [2.75, 3.05) is 14.2 Å². The van der Waals surface area contributed by atoms with Crippen molar-refractivity contribution in [1.29, 1.82) is 0 Å². The lowest BCUT2D eigenvalue weighted by molar-refractivity contribution is 0.414.